The lowest BCUT2D eigenvalue weighted by atomic mass is 9.83. The third-order valence-corrected chi connectivity index (χ3v) is 3.77. The first-order valence-corrected chi connectivity index (χ1v) is 7.65. The van der Waals surface area contributed by atoms with Crippen molar-refractivity contribution in [2.75, 3.05) is 0 Å². The number of aliphatic imine (C=N–C) groups is 1. The Morgan fingerprint density at radius 1 is 1.30 bits per heavy atom. The fourth-order valence-corrected chi connectivity index (χ4v) is 2.52. The van der Waals surface area contributed by atoms with E-state index in [1.807, 2.05) is 49.4 Å². The number of hydrogen-bond donors (Lipinski definition) is 1. The van der Waals surface area contributed by atoms with Crippen LogP contribution in [0.15, 0.2) is 83.2 Å². The van der Waals surface area contributed by atoms with Gasteiger partial charge in [-0.25, -0.2) is 0 Å². The molecular weight excluding hydrogens is 286 g/mol. The van der Waals surface area contributed by atoms with Gasteiger partial charge in [0.25, 0.3) is 0 Å². The number of allylic oxidation sites excluding steroid dienone is 6. The van der Waals surface area contributed by atoms with E-state index < -0.39 is 0 Å². The van der Waals surface area contributed by atoms with Crippen LogP contribution < -0.4 is 0 Å². The standard InChI is InChI=1S/C20H21NO2/c1-3-5-11-17(4-2)21-14-18-19(22)12-16(13-20(18)23)15-9-7-6-8-10-15/h3-11,14,16,22H,2,12-13H2,1H3/b5-3-,17-11+,21-14?. The van der Waals surface area contributed by atoms with Crippen molar-refractivity contribution in [3.63, 3.8) is 0 Å². The summed E-state index contributed by atoms with van der Waals surface area (Å²) in [5.74, 6) is 0.0485. The van der Waals surface area contributed by atoms with Crippen LogP contribution in [0.1, 0.15) is 31.2 Å². The molecule has 0 radical (unpaired) electrons. The molecule has 0 aliphatic heterocycles. The molecule has 1 unspecified atom stereocenters. The van der Waals surface area contributed by atoms with Crippen LogP contribution >= 0.6 is 0 Å². The predicted octanol–water partition coefficient (Wildman–Crippen LogP) is 4.66. The molecule has 0 aromatic heterocycles. The van der Waals surface area contributed by atoms with Gasteiger partial charge in [-0.3, -0.25) is 9.79 Å². The summed E-state index contributed by atoms with van der Waals surface area (Å²) in [5.41, 5.74) is 2.01. The molecule has 3 heteroatoms. The lowest BCUT2D eigenvalue weighted by Crippen LogP contribution is -2.19. The zero-order chi connectivity index (χ0) is 16.7. The van der Waals surface area contributed by atoms with Gasteiger partial charge in [-0.1, -0.05) is 49.1 Å². The topological polar surface area (TPSA) is 49.7 Å². The molecule has 0 heterocycles. The summed E-state index contributed by atoms with van der Waals surface area (Å²) in [5, 5.41) is 10.2. The van der Waals surface area contributed by atoms with Gasteiger partial charge in [-0.15, -0.1) is 0 Å². The smallest absolute Gasteiger partial charge is 0.168 e. The number of aliphatic hydroxyl groups excluding tert-OH is 1. The highest BCUT2D eigenvalue weighted by Crippen LogP contribution is 2.32. The predicted molar refractivity (Wildman–Crippen MR) is 94.7 cm³/mol. The van der Waals surface area contributed by atoms with Gasteiger partial charge >= 0.3 is 0 Å². The molecule has 0 fully saturated rings. The van der Waals surface area contributed by atoms with Gasteiger partial charge < -0.3 is 5.11 Å². The molecule has 1 N–H and O–H groups in total. The van der Waals surface area contributed by atoms with Crippen LogP contribution in [0, 0.1) is 0 Å². The minimum absolute atomic E-state index is 0.0262. The van der Waals surface area contributed by atoms with E-state index >= 15 is 0 Å². The molecule has 0 bridgehead atoms. The van der Waals surface area contributed by atoms with Crippen LogP contribution in [0.3, 0.4) is 0 Å². The first-order chi connectivity index (χ1) is 11.2. The molecule has 2 rings (SSSR count). The Labute approximate surface area is 137 Å². The van der Waals surface area contributed by atoms with Crippen molar-refractivity contribution in [3.05, 3.63) is 83.8 Å². The zero-order valence-corrected chi connectivity index (χ0v) is 13.3. The number of benzene rings is 1. The van der Waals surface area contributed by atoms with Crippen LogP contribution in [0.5, 0.6) is 0 Å². The number of carbonyl (C=O) groups is 1. The summed E-state index contributed by atoms with van der Waals surface area (Å²) in [7, 11) is 0. The van der Waals surface area contributed by atoms with E-state index in [0.717, 1.165) is 5.56 Å². The van der Waals surface area contributed by atoms with Crippen LogP contribution in [0.4, 0.5) is 0 Å². The molecule has 1 aliphatic carbocycles. The van der Waals surface area contributed by atoms with E-state index in [4.69, 9.17) is 0 Å². The second-order valence-corrected chi connectivity index (χ2v) is 5.38. The largest absolute Gasteiger partial charge is 0.511 e. The maximum atomic E-state index is 12.3. The monoisotopic (exact) mass is 307 g/mol. The lowest BCUT2D eigenvalue weighted by Gasteiger charge is -2.22. The Balaban J connectivity index is 2.20. The third kappa shape index (κ3) is 4.39. The van der Waals surface area contributed by atoms with E-state index in [2.05, 4.69) is 11.6 Å². The van der Waals surface area contributed by atoms with Crippen LogP contribution in [-0.2, 0) is 4.79 Å². The number of carbonyl (C=O) groups excluding carboxylic acids is 1. The summed E-state index contributed by atoms with van der Waals surface area (Å²) in [4.78, 5) is 16.6. The summed E-state index contributed by atoms with van der Waals surface area (Å²) in [6.45, 7) is 5.59. The van der Waals surface area contributed by atoms with Gasteiger partial charge in [0.2, 0.25) is 0 Å². The second-order valence-electron chi connectivity index (χ2n) is 5.38. The van der Waals surface area contributed by atoms with Gasteiger partial charge in [0, 0.05) is 19.1 Å². The summed E-state index contributed by atoms with van der Waals surface area (Å²) in [6, 6.07) is 9.80. The zero-order valence-electron chi connectivity index (χ0n) is 13.3. The van der Waals surface area contributed by atoms with E-state index in [-0.39, 0.29) is 17.5 Å². The maximum Gasteiger partial charge on any atom is 0.168 e. The summed E-state index contributed by atoms with van der Waals surface area (Å²) in [6.07, 6.45) is 9.41. The molecule has 1 atom stereocenters. The number of Topliss-reactive ketones (excluding diaryl/α,β-unsaturated/α-hetero) is 1. The highest BCUT2D eigenvalue weighted by molar-refractivity contribution is 6.14. The number of ketones is 1. The minimum atomic E-state index is -0.0826. The van der Waals surface area contributed by atoms with Gasteiger partial charge in [0.05, 0.1) is 11.3 Å². The quantitative estimate of drug-likeness (QED) is 0.635. The van der Waals surface area contributed by atoms with Gasteiger partial charge in [-0.2, -0.15) is 0 Å². The highest BCUT2D eigenvalue weighted by atomic mass is 16.3. The first-order valence-electron chi connectivity index (χ1n) is 7.65. The first kappa shape index (κ1) is 16.7. The molecule has 0 spiro atoms. The molecular formula is C20H21NO2. The minimum Gasteiger partial charge on any atom is -0.511 e. The number of nitrogens with zero attached hydrogens (tertiary/aromatic N) is 1. The average Bonchev–Trinajstić information content (AvgIpc) is 2.57. The third-order valence-electron chi connectivity index (χ3n) is 3.77. The molecule has 1 aromatic carbocycles. The van der Waals surface area contributed by atoms with Gasteiger partial charge in [0.1, 0.15) is 5.76 Å². The van der Waals surface area contributed by atoms with Crippen molar-refractivity contribution in [2.24, 2.45) is 4.99 Å². The number of aliphatic hydroxyl groups is 1. The van der Waals surface area contributed by atoms with Gasteiger partial charge in [-0.05, 0) is 30.6 Å². The van der Waals surface area contributed by atoms with Crippen LogP contribution in [0.2, 0.25) is 0 Å². The van der Waals surface area contributed by atoms with Crippen molar-refractivity contribution in [3.8, 4) is 0 Å². The second kappa shape index (κ2) is 8.08. The van der Waals surface area contributed by atoms with Crippen LogP contribution in [-0.4, -0.2) is 17.1 Å². The molecule has 1 aromatic rings. The molecule has 118 valence electrons. The van der Waals surface area contributed by atoms with Gasteiger partial charge in [0.15, 0.2) is 5.78 Å². The SMILES string of the molecule is C=C/C(=C\C=C/C)N=CC1=C(O)CC(c2ccccc2)CC1=O. The number of hydrogen-bond acceptors (Lipinski definition) is 3. The average molecular weight is 307 g/mol. The molecule has 0 amide bonds. The molecule has 1 aliphatic rings. The van der Waals surface area contributed by atoms with Crippen LogP contribution in [0.25, 0.3) is 0 Å². The van der Waals surface area contributed by atoms with E-state index in [1.54, 1.807) is 12.2 Å². The Morgan fingerprint density at radius 3 is 2.65 bits per heavy atom. The Bertz CT molecular complexity index is 694. The van der Waals surface area contributed by atoms with E-state index in [1.165, 1.54) is 6.21 Å². The van der Waals surface area contributed by atoms with Crippen molar-refractivity contribution >= 4 is 12.0 Å². The Hall–Kier alpha value is -2.68. The maximum absolute atomic E-state index is 12.3. The van der Waals surface area contributed by atoms with Crippen molar-refractivity contribution in [1.29, 1.82) is 0 Å². The van der Waals surface area contributed by atoms with Crippen molar-refractivity contribution in [1.82, 2.24) is 0 Å². The normalized spacial score (nSPS) is 19.8. The lowest BCUT2D eigenvalue weighted by molar-refractivity contribution is -0.116. The molecule has 3 nitrogen and oxygen atoms in total. The Kier molecular flexibility index (Phi) is 5.87. The number of rotatable bonds is 5. The van der Waals surface area contributed by atoms with Crippen molar-refractivity contribution < 1.29 is 9.90 Å². The fourth-order valence-electron chi connectivity index (χ4n) is 2.52. The Morgan fingerprint density at radius 2 is 2.04 bits per heavy atom. The fraction of sp³-hybridized carbons (Fsp3) is 0.200. The summed E-state index contributed by atoms with van der Waals surface area (Å²) < 4.78 is 0. The highest BCUT2D eigenvalue weighted by Gasteiger charge is 2.27. The van der Waals surface area contributed by atoms with Crippen molar-refractivity contribution in [2.45, 2.75) is 25.7 Å². The molecule has 23 heavy (non-hydrogen) atoms. The molecule has 0 saturated heterocycles. The van der Waals surface area contributed by atoms with E-state index in [0.29, 0.717) is 24.1 Å². The summed E-state index contributed by atoms with van der Waals surface area (Å²) >= 11 is 0. The molecule has 0 saturated carbocycles. The van der Waals surface area contributed by atoms with E-state index in [9.17, 15) is 9.90 Å².